The Morgan fingerprint density at radius 2 is 2.03 bits per heavy atom. The van der Waals surface area contributed by atoms with Gasteiger partial charge >= 0.3 is 0 Å². The minimum atomic E-state index is -0.696. The minimum Gasteiger partial charge on any atom is -0.502 e. The Kier molecular flexibility index (Phi) is 5.53. The second kappa shape index (κ2) is 8.66. The lowest BCUT2D eigenvalue weighted by Crippen LogP contribution is -2.57. The maximum atomic E-state index is 15.0. The van der Waals surface area contributed by atoms with Crippen molar-refractivity contribution in [2.45, 2.75) is 25.4 Å². The number of aromatic nitrogens is 2. The molecule has 1 aromatic carbocycles. The van der Waals surface area contributed by atoms with Crippen LogP contribution in [0.1, 0.15) is 41.1 Å². The topological polar surface area (TPSA) is 87.9 Å². The number of hydrogen-bond donors (Lipinski definition) is 1. The molecule has 2 atom stereocenters. The highest BCUT2D eigenvalue weighted by Gasteiger charge is 2.40. The molecule has 2 aromatic heterocycles. The Morgan fingerprint density at radius 3 is 2.79 bits per heavy atom. The van der Waals surface area contributed by atoms with Gasteiger partial charge in [-0.15, -0.1) is 0 Å². The largest absolute Gasteiger partial charge is 0.502 e. The number of ether oxygens (including phenoxy) is 1. The number of pyridine rings is 2. The number of fused-ring (bicyclic) bond motifs is 5. The number of halogens is 1. The summed E-state index contributed by atoms with van der Waals surface area (Å²) in [5.74, 6) is -1.55. The zero-order valence-electron chi connectivity index (χ0n) is 18.5. The normalized spacial score (nSPS) is 20.6. The molecule has 2 bridgehead atoms. The van der Waals surface area contributed by atoms with Crippen LogP contribution in [0.4, 0.5) is 4.39 Å². The molecule has 0 radical (unpaired) electrons. The molecule has 5 rings (SSSR count). The molecule has 4 heterocycles. The van der Waals surface area contributed by atoms with Crippen molar-refractivity contribution in [2.24, 2.45) is 0 Å². The molecule has 2 aliphatic heterocycles. The predicted octanol–water partition coefficient (Wildman–Crippen LogP) is 2.96. The van der Waals surface area contributed by atoms with Gasteiger partial charge in [0.15, 0.2) is 23.0 Å². The van der Waals surface area contributed by atoms with Crippen molar-refractivity contribution in [2.75, 3.05) is 18.3 Å². The third kappa shape index (κ3) is 3.49. The molecule has 8 nitrogen and oxygen atoms in total. The summed E-state index contributed by atoms with van der Waals surface area (Å²) in [5.41, 5.74) is 0.278. The molecule has 0 unspecified atom stereocenters. The highest BCUT2D eigenvalue weighted by Crippen LogP contribution is 2.38. The van der Waals surface area contributed by atoms with E-state index in [1.807, 2.05) is 19.1 Å². The summed E-state index contributed by atoms with van der Waals surface area (Å²) in [7, 11) is 0. The molecule has 34 heavy (non-hydrogen) atoms. The van der Waals surface area contributed by atoms with Crippen molar-refractivity contribution in [3.63, 3.8) is 0 Å². The number of aromatic hydroxyl groups is 1. The van der Waals surface area contributed by atoms with Gasteiger partial charge in [0, 0.05) is 24.0 Å². The van der Waals surface area contributed by atoms with E-state index in [0.717, 1.165) is 0 Å². The van der Waals surface area contributed by atoms with Crippen LogP contribution < -0.4 is 15.2 Å². The molecule has 2 aliphatic rings. The Bertz CT molecular complexity index is 1320. The summed E-state index contributed by atoms with van der Waals surface area (Å²) in [4.78, 5) is 31.9. The zero-order valence-corrected chi connectivity index (χ0v) is 18.5. The SMILES string of the molecule is CC[C@@H]1/C=C/COc2c(F)cccc2[C@@H](c2ccccn2)N2CN1C(=O)c1c(O)c(=O)ccn12. The first kappa shape index (κ1) is 21.7. The van der Waals surface area contributed by atoms with Crippen molar-refractivity contribution >= 4 is 5.91 Å². The van der Waals surface area contributed by atoms with Gasteiger partial charge in [0.25, 0.3) is 5.91 Å². The number of carbonyl (C=O) groups is 1. The first-order valence-corrected chi connectivity index (χ1v) is 11.0. The van der Waals surface area contributed by atoms with Crippen molar-refractivity contribution in [3.8, 4) is 11.5 Å². The van der Waals surface area contributed by atoms with Gasteiger partial charge in [0.2, 0.25) is 5.43 Å². The third-order valence-electron chi connectivity index (χ3n) is 6.15. The molecule has 0 aliphatic carbocycles. The predicted molar refractivity (Wildman–Crippen MR) is 123 cm³/mol. The van der Waals surface area contributed by atoms with Gasteiger partial charge in [-0.1, -0.05) is 31.2 Å². The monoisotopic (exact) mass is 462 g/mol. The fourth-order valence-electron chi connectivity index (χ4n) is 4.52. The quantitative estimate of drug-likeness (QED) is 0.590. The van der Waals surface area contributed by atoms with Crippen LogP contribution in [0.15, 0.2) is 71.8 Å². The fourth-order valence-corrected chi connectivity index (χ4v) is 4.52. The van der Waals surface area contributed by atoms with Crippen molar-refractivity contribution in [3.05, 3.63) is 100 Å². The van der Waals surface area contributed by atoms with E-state index in [1.165, 1.54) is 23.0 Å². The molecule has 1 N–H and O–H groups in total. The van der Waals surface area contributed by atoms with Crippen molar-refractivity contribution < 1.29 is 19.0 Å². The molecule has 9 heteroatoms. The van der Waals surface area contributed by atoms with E-state index < -0.39 is 28.9 Å². The molecular formula is C25H23FN4O4. The van der Waals surface area contributed by atoms with Crippen LogP contribution in [0.25, 0.3) is 0 Å². The average Bonchev–Trinajstić information content (AvgIpc) is 2.87. The molecule has 174 valence electrons. The van der Waals surface area contributed by atoms with Crippen LogP contribution in [0.2, 0.25) is 0 Å². The third-order valence-corrected chi connectivity index (χ3v) is 6.15. The number of rotatable bonds is 2. The number of carbonyl (C=O) groups excluding carboxylic acids is 1. The summed E-state index contributed by atoms with van der Waals surface area (Å²) in [6.07, 6.45) is 7.23. The lowest BCUT2D eigenvalue weighted by atomic mass is 10.0. The molecule has 0 saturated carbocycles. The van der Waals surface area contributed by atoms with Gasteiger partial charge in [0.1, 0.15) is 19.3 Å². The lowest BCUT2D eigenvalue weighted by molar-refractivity contribution is 0.0625. The Balaban J connectivity index is 1.83. The summed E-state index contributed by atoms with van der Waals surface area (Å²) in [6.45, 7) is 2.15. The van der Waals surface area contributed by atoms with Gasteiger partial charge < -0.3 is 14.7 Å². The van der Waals surface area contributed by atoms with E-state index in [1.54, 1.807) is 46.4 Å². The molecule has 0 saturated heterocycles. The average molecular weight is 462 g/mol. The van der Waals surface area contributed by atoms with E-state index in [9.17, 15) is 14.7 Å². The van der Waals surface area contributed by atoms with Crippen LogP contribution in [-0.4, -0.2) is 44.9 Å². The molecule has 0 fully saturated rings. The highest BCUT2D eigenvalue weighted by molar-refractivity contribution is 5.96. The number of nitrogens with zero attached hydrogens (tertiary/aromatic N) is 4. The zero-order chi connectivity index (χ0) is 23.8. The van der Waals surface area contributed by atoms with Gasteiger partial charge in [-0.05, 0) is 30.7 Å². The Hall–Kier alpha value is -4.14. The molecule has 1 amide bonds. The van der Waals surface area contributed by atoms with Crippen LogP contribution >= 0.6 is 0 Å². The van der Waals surface area contributed by atoms with Crippen LogP contribution in [0.5, 0.6) is 11.5 Å². The number of amides is 1. The summed E-state index contributed by atoms with van der Waals surface area (Å²) < 4.78 is 22.3. The van der Waals surface area contributed by atoms with Crippen LogP contribution in [0.3, 0.4) is 0 Å². The first-order chi connectivity index (χ1) is 16.5. The molecule has 3 aromatic rings. The maximum Gasteiger partial charge on any atom is 0.278 e. The van der Waals surface area contributed by atoms with Gasteiger partial charge in [0.05, 0.1) is 11.7 Å². The smallest absolute Gasteiger partial charge is 0.278 e. The van der Waals surface area contributed by atoms with Crippen LogP contribution in [-0.2, 0) is 0 Å². The Labute approximate surface area is 195 Å². The first-order valence-electron chi connectivity index (χ1n) is 11.0. The van der Waals surface area contributed by atoms with E-state index >= 15 is 4.39 Å². The highest BCUT2D eigenvalue weighted by atomic mass is 19.1. The second-order valence-electron chi connectivity index (χ2n) is 8.11. The van der Waals surface area contributed by atoms with E-state index in [-0.39, 0.29) is 30.8 Å². The van der Waals surface area contributed by atoms with Crippen molar-refractivity contribution in [1.29, 1.82) is 0 Å². The molecular weight excluding hydrogens is 439 g/mol. The van der Waals surface area contributed by atoms with Crippen molar-refractivity contribution in [1.82, 2.24) is 14.6 Å². The lowest BCUT2D eigenvalue weighted by Gasteiger charge is -2.45. The van der Waals surface area contributed by atoms with Crippen LogP contribution in [0, 0.1) is 5.82 Å². The number of benzene rings is 1. The molecule has 0 spiro atoms. The second-order valence-corrected chi connectivity index (χ2v) is 8.11. The van der Waals surface area contributed by atoms with E-state index in [0.29, 0.717) is 17.7 Å². The minimum absolute atomic E-state index is 0.0769. The van der Waals surface area contributed by atoms with E-state index in [2.05, 4.69) is 4.98 Å². The summed E-state index contributed by atoms with van der Waals surface area (Å²) in [6, 6.07) is 10.2. The Morgan fingerprint density at radius 1 is 1.18 bits per heavy atom. The summed E-state index contributed by atoms with van der Waals surface area (Å²) in [5, 5.41) is 12.4. The number of para-hydroxylation sites is 1. The number of hydrogen-bond acceptors (Lipinski definition) is 6. The fraction of sp³-hybridized carbons (Fsp3) is 0.240. The van der Waals surface area contributed by atoms with Gasteiger partial charge in [-0.25, -0.2) is 4.39 Å². The van der Waals surface area contributed by atoms with E-state index in [4.69, 9.17) is 4.74 Å². The standard InChI is InChI=1S/C25H23FN4O4/c1-2-16-7-6-14-34-24-17(8-5-9-18(24)26)21(19-10-3-4-12-27-19)30-15-28(16)25(33)22-23(32)20(31)11-13-29(22)30/h3-13,16,21,32H,2,14-15H2,1H3/b7-6+/t16-,21+/m1/s1. The van der Waals surface area contributed by atoms with Gasteiger partial charge in [-0.3, -0.25) is 24.3 Å². The van der Waals surface area contributed by atoms with Gasteiger partial charge in [-0.2, -0.15) is 0 Å². The summed E-state index contributed by atoms with van der Waals surface area (Å²) >= 11 is 0. The maximum absolute atomic E-state index is 15.0.